The van der Waals surface area contributed by atoms with Gasteiger partial charge in [-0.2, -0.15) is 0 Å². The topological polar surface area (TPSA) is 80.0 Å². The first-order valence-corrected chi connectivity index (χ1v) is 6.82. The monoisotopic (exact) mass is 276 g/mol. The molecule has 0 aliphatic heterocycles. The molecule has 19 heavy (non-hydrogen) atoms. The SMILES string of the molecule is Cc1cc(NN)ccc1C(=O)NCCc1nccs1. The van der Waals surface area contributed by atoms with Gasteiger partial charge < -0.3 is 10.7 Å². The van der Waals surface area contributed by atoms with Gasteiger partial charge in [-0.15, -0.1) is 11.3 Å². The van der Waals surface area contributed by atoms with Crippen LogP contribution in [0, 0.1) is 6.92 Å². The van der Waals surface area contributed by atoms with Gasteiger partial charge in [-0.3, -0.25) is 10.6 Å². The molecule has 2 rings (SSSR count). The highest BCUT2D eigenvalue weighted by atomic mass is 32.1. The number of anilines is 1. The number of hydrogen-bond donors (Lipinski definition) is 3. The zero-order valence-electron chi connectivity index (χ0n) is 10.6. The summed E-state index contributed by atoms with van der Waals surface area (Å²) in [5.74, 6) is 5.25. The van der Waals surface area contributed by atoms with E-state index in [0.29, 0.717) is 12.1 Å². The molecule has 5 nitrogen and oxygen atoms in total. The average molecular weight is 276 g/mol. The largest absolute Gasteiger partial charge is 0.352 e. The Morgan fingerprint density at radius 2 is 2.32 bits per heavy atom. The van der Waals surface area contributed by atoms with Crippen molar-refractivity contribution in [2.24, 2.45) is 5.84 Å². The van der Waals surface area contributed by atoms with E-state index in [9.17, 15) is 4.79 Å². The Balaban J connectivity index is 1.92. The number of nitrogens with two attached hydrogens (primary N) is 1. The van der Waals surface area contributed by atoms with Crippen LogP contribution in [0.15, 0.2) is 29.8 Å². The van der Waals surface area contributed by atoms with Gasteiger partial charge in [0.15, 0.2) is 0 Å². The highest BCUT2D eigenvalue weighted by molar-refractivity contribution is 7.09. The number of carbonyl (C=O) groups excluding carboxylic acids is 1. The van der Waals surface area contributed by atoms with Gasteiger partial charge >= 0.3 is 0 Å². The molecular weight excluding hydrogens is 260 g/mol. The molecule has 0 aliphatic rings. The summed E-state index contributed by atoms with van der Waals surface area (Å²) >= 11 is 1.59. The van der Waals surface area contributed by atoms with E-state index in [1.807, 2.05) is 18.4 Å². The zero-order valence-corrected chi connectivity index (χ0v) is 11.5. The minimum atomic E-state index is -0.0716. The molecule has 4 N–H and O–H groups in total. The Bertz CT molecular complexity index is 554. The maximum absolute atomic E-state index is 12.0. The summed E-state index contributed by atoms with van der Waals surface area (Å²) in [7, 11) is 0. The number of carbonyl (C=O) groups is 1. The van der Waals surface area contributed by atoms with E-state index < -0.39 is 0 Å². The Kier molecular flexibility index (Phi) is 4.48. The summed E-state index contributed by atoms with van der Waals surface area (Å²) in [4.78, 5) is 16.2. The summed E-state index contributed by atoms with van der Waals surface area (Å²) in [5.41, 5.74) is 4.90. The molecule has 2 aromatic rings. The molecule has 6 heteroatoms. The van der Waals surface area contributed by atoms with E-state index in [1.165, 1.54) is 0 Å². The minimum absolute atomic E-state index is 0.0716. The molecule has 0 unspecified atom stereocenters. The lowest BCUT2D eigenvalue weighted by Gasteiger charge is -2.08. The summed E-state index contributed by atoms with van der Waals surface area (Å²) in [6.45, 7) is 2.47. The molecule has 1 amide bonds. The van der Waals surface area contributed by atoms with Crippen LogP contribution in [0.25, 0.3) is 0 Å². The van der Waals surface area contributed by atoms with Crippen LogP contribution in [0.5, 0.6) is 0 Å². The smallest absolute Gasteiger partial charge is 0.251 e. The van der Waals surface area contributed by atoms with Gasteiger partial charge in [0.1, 0.15) is 0 Å². The number of aryl methyl sites for hydroxylation is 1. The van der Waals surface area contributed by atoms with Crippen molar-refractivity contribution in [3.8, 4) is 0 Å². The summed E-state index contributed by atoms with van der Waals surface area (Å²) in [5, 5.41) is 5.85. The van der Waals surface area contributed by atoms with Gasteiger partial charge in [0.05, 0.1) is 5.01 Å². The number of amides is 1. The lowest BCUT2D eigenvalue weighted by atomic mass is 10.1. The zero-order chi connectivity index (χ0) is 13.7. The van der Waals surface area contributed by atoms with Crippen LogP contribution < -0.4 is 16.6 Å². The molecule has 1 heterocycles. The lowest BCUT2D eigenvalue weighted by Crippen LogP contribution is -2.26. The van der Waals surface area contributed by atoms with E-state index in [1.54, 1.807) is 29.7 Å². The normalized spacial score (nSPS) is 10.2. The summed E-state index contributed by atoms with van der Waals surface area (Å²) < 4.78 is 0. The van der Waals surface area contributed by atoms with Crippen LogP contribution in [-0.2, 0) is 6.42 Å². The van der Waals surface area contributed by atoms with Crippen molar-refractivity contribution < 1.29 is 4.79 Å². The standard InChI is InChI=1S/C13H16N4OS/c1-9-8-10(17-14)2-3-11(9)13(18)16-5-4-12-15-6-7-19-12/h2-3,6-8,17H,4-5,14H2,1H3,(H,16,18). The third-order valence-electron chi connectivity index (χ3n) is 2.75. The fourth-order valence-electron chi connectivity index (χ4n) is 1.76. The third kappa shape index (κ3) is 3.52. The second kappa shape index (κ2) is 6.31. The number of nitrogen functional groups attached to an aromatic ring is 1. The number of nitrogens with one attached hydrogen (secondary N) is 2. The highest BCUT2D eigenvalue weighted by Crippen LogP contribution is 2.14. The molecule has 0 radical (unpaired) electrons. The molecule has 0 spiro atoms. The van der Waals surface area contributed by atoms with E-state index in [2.05, 4.69) is 15.7 Å². The highest BCUT2D eigenvalue weighted by Gasteiger charge is 2.09. The molecule has 0 bridgehead atoms. The fourth-order valence-corrected chi connectivity index (χ4v) is 2.38. The number of nitrogens with zero attached hydrogens (tertiary/aromatic N) is 1. The van der Waals surface area contributed by atoms with Crippen molar-refractivity contribution >= 4 is 22.9 Å². The molecule has 0 aliphatic carbocycles. The summed E-state index contributed by atoms with van der Waals surface area (Å²) in [6, 6.07) is 5.39. The Labute approximate surface area is 115 Å². The molecule has 0 saturated heterocycles. The number of hydrogen-bond acceptors (Lipinski definition) is 5. The van der Waals surface area contributed by atoms with Crippen molar-refractivity contribution in [2.75, 3.05) is 12.0 Å². The van der Waals surface area contributed by atoms with Gasteiger partial charge in [0.25, 0.3) is 5.91 Å². The number of hydrazine groups is 1. The van der Waals surface area contributed by atoms with Crippen molar-refractivity contribution in [1.82, 2.24) is 10.3 Å². The number of aromatic nitrogens is 1. The van der Waals surface area contributed by atoms with Gasteiger partial charge in [-0.05, 0) is 30.7 Å². The van der Waals surface area contributed by atoms with Crippen LogP contribution in [0.1, 0.15) is 20.9 Å². The van der Waals surface area contributed by atoms with E-state index in [-0.39, 0.29) is 5.91 Å². The molecule has 1 aromatic carbocycles. The van der Waals surface area contributed by atoms with Crippen LogP contribution in [0.4, 0.5) is 5.69 Å². The quantitative estimate of drug-likeness (QED) is 0.573. The van der Waals surface area contributed by atoms with Crippen LogP contribution >= 0.6 is 11.3 Å². The number of rotatable bonds is 5. The van der Waals surface area contributed by atoms with Crippen molar-refractivity contribution in [1.29, 1.82) is 0 Å². The molecule has 0 saturated carbocycles. The maximum Gasteiger partial charge on any atom is 0.251 e. The lowest BCUT2D eigenvalue weighted by molar-refractivity contribution is 0.0953. The second-order valence-corrected chi connectivity index (χ2v) is 5.08. The van der Waals surface area contributed by atoms with Gasteiger partial charge in [0.2, 0.25) is 0 Å². The minimum Gasteiger partial charge on any atom is -0.352 e. The van der Waals surface area contributed by atoms with Crippen molar-refractivity contribution in [2.45, 2.75) is 13.3 Å². The Morgan fingerprint density at radius 1 is 1.47 bits per heavy atom. The first kappa shape index (κ1) is 13.5. The van der Waals surface area contributed by atoms with Gasteiger partial charge in [0, 0.05) is 35.8 Å². The number of thiazole rings is 1. The molecule has 100 valence electrons. The fraction of sp³-hybridized carbons (Fsp3) is 0.231. The predicted octanol–water partition coefficient (Wildman–Crippen LogP) is 1.71. The Hall–Kier alpha value is -1.92. The Morgan fingerprint density at radius 3 is 2.95 bits per heavy atom. The average Bonchev–Trinajstić information content (AvgIpc) is 2.91. The second-order valence-electron chi connectivity index (χ2n) is 4.11. The van der Waals surface area contributed by atoms with E-state index in [0.717, 1.165) is 22.7 Å². The third-order valence-corrected chi connectivity index (χ3v) is 3.58. The van der Waals surface area contributed by atoms with E-state index in [4.69, 9.17) is 5.84 Å². The molecule has 0 atom stereocenters. The van der Waals surface area contributed by atoms with E-state index >= 15 is 0 Å². The van der Waals surface area contributed by atoms with Crippen molar-refractivity contribution in [3.05, 3.63) is 45.9 Å². The van der Waals surface area contributed by atoms with Crippen LogP contribution in [0.3, 0.4) is 0 Å². The first-order valence-electron chi connectivity index (χ1n) is 5.94. The molecule has 0 fully saturated rings. The molecular formula is C13H16N4OS. The molecule has 1 aromatic heterocycles. The maximum atomic E-state index is 12.0. The predicted molar refractivity (Wildman–Crippen MR) is 77.1 cm³/mol. The number of benzene rings is 1. The van der Waals surface area contributed by atoms with Crippen LogP contribution in [0.2, 0.25) is 0 Å². The van der Waals surface area contributed by atoms with Crippen molar-refractivity contribution in [3.63, 3.8) is 0 Å². The van der Waals surface area contributed by atoms with Gasteiger partial charge in [-0.25, -0.2) is 4.98 Å². The summed E-state index contributed by atoms with van der Waals surface area (Å²) in [6.07, 6.45) is 2.52. The van der Waals surface area contributed by atoms with Crippen LogP contribution in [-0.4, -0.2) is 17.4 Å². The van der Waals surface area contributed by atoms with Gasteiger partial charge in [-0.1, -0.05) is 0 Å². The first-order chi connectivity index (χ1) is 9.20.